The van der Waals surface area contributed by atoms with Gasteiger partial charge in [-0.05, 0) is 52.7 Å². The molecule has 1 aliphatic rings. The topological polar surface area (TPSA) is 38.9 Å². The summed E-state index contributed by atoms with van der Waals surface area (Å²) in [6.45, 7) is 2.27. The maximum absolute atomic E-state index is 6.56. The van der Waals surface area contributed by atoms with Gasteiger partial charge in [-0.25, -0.2) is 0 Å². The van der Waals surface area contributed by atoms with Gasteiger partial charge in [-0.15, -0.1) is 0 Å². The highest BCUT2D eigenvalue weighted by atomic mass is 79.9. The van der Waals surface area contributed by atoms with Gasteiger partial charge in [0.25, 0.3) is 0 Å². The van der Waals surface area contributed by atoms with Crippen LogP contribution < -0.4 is 5.73 Å². The Morgan fingerprint density at radius 2 is 2.35 bits per heavy atom. The van der Waals surface area contributed by atoms with E-state index in [4.69, 9.17) is 5.73 Å². The van der Waals surface area contributed by atoms with Crippen LogP contribution in [0, 0.1) is 5.92 Å². The van der Waals surface area contributed by atoms with E-state index in [2.05, 4.69) is 33.9 Å². The van der Waals surface area contributed by atoms with Gasteiger partial charge >= 0.3 is 0 Å². The fourth-order valence-electron chi connectivity index (χ4n) is 2.99. The number of rotatable bonds is 3. The van der Waals surface area contributed by atoms with Gasteiger partial charge in [-0.1, -0.05) is 26.2 Å². The highest BCUT2D eigenvalue weighted by Crippen LogP contribution is 2.34. The number of pyridine rings is 1. The summed E-state index contributed by atoms with van der Waals surface area (Å²) >= 11 is 3.47. The minimum atomic E-state index is -0.0125. The summed E-state index contributed by atoms with van der Waals surface area (Å²) in [4.78, 5) is 4.22. The number of halogens is 1. The molecule has 1 aromatic heterocycles. The molecule has 0 spiro atoms. The monoisotopic (exact) mass is 296 g/mol. The number of aromatic nitrogens is 1. The van der Waals surface area contributed by atoms with Crippen molar-refractivity contribution in [1.82, 2.24) is 4.98 Å². The molecule has 0 aliphatic heterocycles. The van der Waals surface area contributed by atoms with Crippen LogP contribution in [0.3, 0.4) is 0 Å². The predicted molar refractivity (Wildman–Crippen MR) is 74.8 cm³/mol. The molecule has 1 aliphatic carbocycles. The van der Waals surface area contributed by atoms with Crippen LogP contribution in [0.25, 0.3) is 0 Å². The molecule has 0 aromatic carbocycles. The van der Waals surface area contributed by atoms with Crippen molar-refractivity contribution in [2.45, 2.75) is 51.0 Å². The summed E-state index contributed by atoms with van der Waals surface area (Å²) in [5.74, 6) is 0.814. The van der Waals surface area contributed by atoms with Crippen molar-refractivity contribution < 1.29 is 0 Å². The third-order valence-corrected chi connectivity index (χ3v) is 4.31. The molecule has 2 N–H and O–H groups in total. The first-order chi connectivity index (χ1) is 8.11. The molecule has 2 rings (SSSR count). The zero-order valence-electron chi connectivity index (χ0n) is 10.5. The van der Waals surface area contributed by atoms with Crippen LogP contribution >= 0.6 is 15.9 Å². The van der Waals surface area contributed by atoms with E-state index in [-0.39, 0.29) is 5.54 Å². The third-order valence-electron chi connectivity index (χ3n) is 3.88. The number of hydrogen-bond donors (Lipinski definition) is 1. The Hall–Kier alpha value is -0.410. The second-order valence-corrected chi connectivity index (χ2v) is 6.34. The molecule has 0 radical (unpaired) electrons. The third kappa shape index (κ3) is 3.52. The van der Waals surface area contributed by atoms with Crippen LogP contribution in [-0.2, 0) is 6.42 Å². The van der Waals surface area contributed by atoms with E-state index in [0.717, 1.165) is 29.7 Å². The normalized spacial score (nSPS) is 29.2. The Bertz CT molecular complexity index is 380. The lowest BCUT2D eigenvalue weighted by molar-refractivity contribution is 0.218. The summed E-state index contributed by atoms with van der Waals surface area (Å²) in [7, 11) is 0. The first-order valence-corrected chi connectivity index (χ1v) is 7.29. The Morgan fingerprint density at radius 3 is 3.06 bits per heavy atom. The minimum Gasteiger partial charge on any atom is -0.325 e. The van der Waals surface area contributed by atoms with Crippen molar-refractivity contribution in [2.24, 2.45) is 11.7 Å². The molecule has 1 fully saturated rings. The zero-order valence-corrected chi connectivity index (χ0v) is 12.0. The van der Waals surface area contributed by atoms with E-state index >= 15 is 0 Å². The van der Waals surface area contributed by atoms with Crippen LogP contribution in [-0.4, -0.2) is 10.5 Å². The van der Waals surface area contributed by atoms with E-state index in [1.807, 2.05) is 12.4 Å². The number of nitrogens with two attached hydrogens (primary N) is 1. The molecule has 2 nitrogen and oxygen atoms in total. The van der Waals surface area contributed by atoms with Crippen molar-refractivity contribution >= 4 is 15.9 Å². The van der Waals surface area contributed by atoms with Crippen molar-refractivity contribution in [3.8, 4) is 0 Å². The lowest BCUT2D eigenvalue weighted by atomic mass is 9.73. The zero-order chi connectivity index (χ0) is 12.3. The average molecular weight is 297 g/mol. The van der Waals surface area contributed by atoms with Crippen molar-refractivity contribution in [2.75, 3.05) is 0 Å². The minimum absolute atomic E-state index is 0.0125. The fraction of sp³-hybridized carbons (Fsp3) is 0.643. The quantitative estimate of drug-likeness (QED) is 0.924. The van der Waals surface area contributed by atoms with Gasteiger partial charge < -0.3 is 5.73 Å². The van der Waals surface area contributed by atoms with E-state index in [1.165, 1.54) is 24.8 Å². The van der Waals surface area contributed by atoms with Gasteiger partial charge in [0, 0.05) is 22.4 Å². The molecule has 0 amide bonds. The number of nitrogens with zero attached hydrogens (tertiary/aromatic N) is 1. The Balaban J connectivity index is 2.06. The summed E-state index contributed by atoms with van der Waals surface area (Å²) < 4.78 is 1.04. The van der Waals surface area contributed by atoms with Crippen LogP contribution in [0.5, 0.6) is 0 Å². The van der Waals surface area contributed by atoms with Crippen molar-refractivity contribution in [3.63, 3.8) is 0 Å². The lowest BCUT2D eigenvalue weighted by Gasteiger charge is -2.38. The molecule has 2 atom stereocenters. The van der Waals surface area contributed by atoms with Gasteiger partial charge in [0.15, 0.2) is 0 Å². The van der Waals surface area contributed by atoms with Gasteiger partial charge in [0.05, 0.1) is 0 Å². The molecule has 94 valence electrons. The second-order valence-electron chi connectivity index (χ2n) is 5.42. The molecule has 1 aromatic rings. The first-order valence-electron chi connectivity index (χ1n) is 6.49. The van der Waals surface area contributed by atoms with Crippen molar-refractivity contribution in [1.29, 1.82) is 0 Å². The van der Waals surface area contributed by atoms with Crippen LogP contribution in [0.4, 0.5) is 0 Å². The molecule has 3 heteroatoms. The summed E-state index contributed by atoms with van der Waals surface area (Å²) in [6.07, 6.45) is 10.9. The van der Waals surface area contributed by atoms with E-state index < -0.39 is 0 Å². The maximum Gasteiger partial charge on any atom is 0.0410 e. The SMILES string of the molecule is CCC1CCCC(N)(Cc2cncc(Br)c2)C1. The average Bonchev–Trinajstić information content (AvgIpc) is 2.28. The second kappa shape index (κ2) is 5.49. The van der Waals surface area contributed by atoms with Gasteiger partial charge in [-0.2, -0.15) is 0 Å². The molecule has 1 saturated carbocycles. The van der Waals surface area contributed by atoms with E-state index in [1.54, 1.807) is 0 Å². The summed E-state index contributed by atoms with van der Waals surface area (Å²) in [6, 6.07) is 2.14. The van der Waals surface area contributed by atoms with E-state index in [0.29, 0.717) is 0 Å². The highest BCUT2D eigenvalue weighted by molar-refractivity contribution is 9.10. The van der Waals surface area contributed by atoms with Gasteiger partial charge in [0.1, 0.15) is 0 Å². The predicted octanol–water partition coefficient (Wildman–Crippen LogP) is 3.68. The highest BCUT2D eigenvalue weighted by Gasteiger charge is 2.32. The molecule has 2 unspecified atom stereocenters. The standard InChI is InChI=1S/C14H21BrN2/c1-2-11-4-3-5-14(16,7-11)8-12-6-13(15)10-17-9-12/h6,9-11H,2-5,7-8,16H2,1H3. The van der Waals surface area contributed by atoms with Gasteiger partial charge in [-0.3, -0.25) is 4.98 Å². The lowest BCUT2D eigenvalue weighted by Crippen LogP contribution is -2.46. The molecular weight excluding hydrogens is 276 g/mol. The summed E-state index contributed by atoms with van der Waals surface area (Å²) in [5, 5.41) is 0. The Kier molecular flexibility index (Phi) is 4.21. The molecular formula is C14H21BrN2. The van der Waals surface area contributed by atoms with Crippen LogP contribution in [0.1, 0.15) is 44.6 Å². The first kappa shape index (κ1) is 13.0. The molecule has 0 saturated heterocycles. The molecule has 0 bridgehead atoms. The fourth-order valence-corrected chi connectivity index (χ4v) is 3.40. The Labute approximate surface area is 112 Å². The Morgan fingerprint density at radius 1 is 1.53 bits per heavy atom. The van der Waals surface area contributed by atoms with Crippen molar-refractivity contribution in [3.05, 3.63) is 28.5 Å². The summed E-state index contributed by atoms with van der Waals surface area (Å²) in [5.41, 5.74) is 7.80. The molecule has 17 heavy (non-hydrogen) atoms. The molecule has 1 heterocycles. The van der Waals surface area contributed by atoms with E-state index in [9.17, 15) is 0 Å². The smallest absolute Gasteiger partial charge is 0.0410 e. The maximum atomic E-state index is 6.56. The largest absolute Gasteiger partial charge is 0.325 e. The van der Waals surface area contributed by atoms with Gasteiger partial charge in [0.2, 0.25) is 0 Å². The number of hydrogen-bond acceptors (Lipinski definition) is 2. The van der Waals surface area contributed by atoms with Crippen LogP contribution in [0.15, 0.2) is 22.9 Å². The van der Waals surface area contributed by atoms with Crippen LogP contribution in [0.2, 0.25) is 0 Å².